The van der Waals surface area contributed by atoms with E-state index in [2.05, 4.69) is 0 Å². The Morgan fingerprint density at radius 3 is 0.842 bits per heavy atom. The van der Waals surface area contributed by atoms with Crippen LogP contribution in [0.2, 0.25) is 0 Å². The summed E-state index contributed by atoms with van der Waals surface area (Å²) in [4.78, 5) is 29.9. The van der Waals surface area contributed by atoms with Crippen molar-refractivity contribution in [2.75, 3.05) is 0 Å². The van der Waals surface area contributed by atoms with E-state index < -0.39 is 29.7 Å². The summed E-state index contributed by atoms with van der Waals surface area (Å²) in [7, 11) is 0. The van der Waals surface area contributed by atoms with Gasteiger partial charge in [-0.2, -0.15) is 0 Å². The number of benzene rings is 1. The van der Waals surface area contributed by atoms with Crippen LogP contribution in [0.1, 0.15) is 91.5 Å². The van der Waals surface area contributed by atoms with E-state index in [0.717, 1.165) is 0 Å². The Hall–Kier alpha value is 2.23. The summed E-state index contributed by atoms with van der Waals surface area (Å²) < 4.78 is 0. The zero-order valence-corrected chi connectivity index (χ0v) is 33.5. The molecule has 0 radical (unpaired) electrons. The first kappa shape index (κ1) is 83.5. The van der Waals surface area contributed by atoms with E-state index >= 15 is 0 Å². The normalized spacial score (nSPS) is 8.84. The molecule has 0 aromatic heterocycles. The van der Waals surface area contributed by atoms with E-state index in [1.807, 2.05) is 34.6 Å². The van der Waals surface area contributed by atoms with Gasteiger partial charge in [-0.25, -0.2) is 0 Å². The Balaban J connectivity index is -0.0000000190. The first-order valence-corrected chi connectivity index (χ1v) is 9.50. The van der Waals surface area contributed by atoms with Gasteiger partial charge in [0.15, 0.2) is 0 Å². The molecule has 0 bridgehead atoms. The molecule has 3 atom stereocenters. The van der Waals surface area contributed by atoms with Gasteiger partial charge in [0.1, 0.15) is 0 Å². The second kappa shape index (κ2) is 58.8. The van der Waals surface area contributed by atoms with Gasteiger partial charge in [0.05, 0.1) is 0 Å². The fraction of sp³-hybridized carbons (Fsp3) is 0.640. The summed E-state index contributed by atoms with van der Waals surface area (Å²) >= 11 is 0. The van der Waals surface area contributed by atoms with Crippen molar-refractivity contribution in [1.82, 2.24) is 0 Å². The van der Waals surface area contributed by atoms with E-state index in [1.54, 1.807) is 6.92 Å². The van der Waals surface area contributed by atoms with Gasteiger partial charge in [-0.1, -0.05) is 109 Å². The third-order valence-corrected chi connectivity index (χ3v) is 3.33. The number of carbonyl (C=O) groups excluding carboxylic acids is 3. The van der Waals surface area contributed by atoms with Crippen LogP contribution in [0.4, 0.5) is 0 Å². The minimum absolute atomic E-state index is 0. The SMILES string of the molecule is C.C.C.C.CC.CC.CC(C(=O)[O-])C(C)C(=O)[O-].CCC(C)C(=O)[O-].[Na+].[Na+].[Na+].[Na+].[Na+].[O-]c1ccc([O-])cc1. The molecule has 8 nitrogen and oxygen atoms in total. The fourth-order valence-electron chi connectivity index (χ4n) is 1.01. The largest absolute Gasteiger partial charge is 1.00 e. The monoisotopic (exact) mass is 592 g/mol. The third kappa shape index (κ3) is 58.0. The maximum absolute atomic E-state index is 10.3. The molecule has 38 heavy (non-hydrogen) atoms. The maximum atomic E-state index is 10.3. The number of hydrogen-bond acceptors (Lipinski definition) is 8. The summed E-state index contributed by atoms with van der Waals surface area (Å²) in [6.45, 7) is 14.0. The molecular formula is C25H49Na5O8. The molecule has 0 saturated heterocycles. The average molecular weight is 593 g/mol. The van der Waals surface area contributed by atoms with E-state index in [1.165, 1.54) is 38.1 Å². The van der Waals surface area contributed by atoms with Crippen molar-refractivity contribution < 1.29 is 188 Å². The quantitative estimate of drug-likeness (QED) is 0.304. The fourth-order valence-corrected chi connectivity index (χ4v) is 1.01. The van der Waals surface area contributed by atoms with Crippen molar-refractivity contribution in [2.45, 2.75) is 91.5 Å². The van der Waals surface area contributed by atoms with E-state index in [4.69, 9.17) is 0 Å². The van der Waals surface area contributed by atoms with Crippen molar-refractivity contribution >= 4 is 17.9 Å². The molecule has 0 fully saturated rings. The molecule has 0 amide bonds. The van der Waals surface area contributed by atoms with Crippen LogP contribution in [0.15, 0.2) is 24.3 Å². The average Bonchev–Trinajstić information content (AvgIpc) is 2.72. The second-order valence-corrected chi connectivity index (χ2v) is 5.32. The van der Waals surface area contributed by atoms with Crippen LogP contribution in [0.5, 0.6) is 11.5 Å². The molecule has 0 heterocycles. The standard InChI is InChI=1S/C6H10O4.C6H6O2.C5H10O2.2C2H6.4CH4.5Na/c1-3(5(7)8)4(2)6(9)10;7-5-1-2-6(8)4-3-5;1-3-4(2)5(6)7;2*1-2;;;;;;;;;/h3-4H,1-2H3,(H,7,8)(H,9,10);1-4,7-8H;4H,3H2,1-2H3,(H,6,7);2*1-2H3;4*1H4;;;;;/q;;;;;;;;;5*+1/p-5. The number of carboxylic acid groups (broad SMARTS) is 3. The number of rotatable bonds is 5. The smallest absolute Gasteiger partial charge is 0.872 e. The van der Waals surface area contributed by atoms with Crippen molar-refractivity contribution in [3.8, 4) is 11.5 Å². The predicted octanol–water partition coefficient (Wildman–Crippen LogP) is -13.0. The topological polar surface area (TPSA) is 167 Å². The molecule has 0 aliphatic carbocycles. The van der Waals surface area contributed by atoms with Crippen LogP contribution >= 0.6 is 0 Å². The van der Waals surface area contributed by atoms with Crippen LogP contribution in [-0.2, 0) is 14.4 Å². The number of carboxylic acids is 3. The first-order valence-electron chi connectivity index (χ1n) is 9.50. The zero-order chi connectivity index (χ0) is 24.2. The summed E-state index contributed by atoms with van der Waals surface area (Å²) in [6, 6.07) is 5.01. The van der Waals surface area contributed by atoms with E-state index in [0.29, 0.717) is 6.42 Å². The summed E-state index contributed by atoms with van der Waals surface area (Å²) in [6.07, 6.45) is 0.655. The minimum Gasteiger partial charge on any atom is -0.872 e. The molecule has 1 aromatic rings. The Morgan fingerprint density at radius 2 is 0.763 bits per heavy atom. The summed E-state index contributed by atoms with van der Waals surface area (Å²) in [5, 5.41) is 50.5. The Labute approximate surface area is 345 Å². The van der Waals surface area contributed by atoms with E-state index in [-0.39, 0.29) is 195 Å². The zero-order valence-electron chi connectivity index (χ0n) is 23.5. The second-order valence-electron chi connectivity index (χ2n) is 5.32. The van der Waals surface area contributed by atoms with Gasteiger partial charge in [0, 0.05) is 29.7 Å². The van der Waals surface area contributed by atoms with Crippen LogP contribution in [0.25, 0.3) is 0 Å². The summed E-state index contributed by atoms with van der Waals surface area (Å²) in [5.41, 5.74) is 0. The Kier molecular flexibility index (Phi) is 129. The van der Waals surface area contributed by atoms with Gasteiger partial charge in [0.25, 0.3) is 0 Å². The molecule has 0 spiro atoms. The molecule has 202 valence electrons. The van der Waals surface area contributed by atoms with Crippen LogP contribution in [0, 0.1) is 17.8 Å². The molecule has 0 aliphatic rings. The van der Waals surface area contributed by atoms with Crippen LogP contribution in [0.3, 0.4) is 0 Å². The van der Waals surface area contributed by atoms with Crippen molar-refractivity contribution in [3.05, 3.63) is 24.3 Å². The molecule has 13 heteroatoms. The first-order chi connectivity index (χ1) is 13.4. The Bertz CT molecular complexity index is 524. The Morgan fingerprint density at radius 1 is 0.579 bits per heavy atom. The molecule has 0 aliphatic heterocycles. The number of carbonyl (C=O) groups is 3. The number of aliphatic carboxylic acids is 3. The predicted molar refractivity (Wildman–Crippen MR) is 128 cm³/mol. The van der Waals surface area contributed by atoms with Crippen LogP contribution < -0.4 is 173 Å². The van der Waals surface area contributed by atoms with Gasteiger partial charge in [0.2, 0.25) is 0 Å². The maximum Gasteiger partial charge on any atom is 1.00 e. The van der Waals surface area contributed by atoms with E-state index in [9.17, 15) is 39.9 Å². The van der Waals surface area contributed by atoms with Crippen molar-refractivity contribution in [3.63, 3.8) is 0 Å². The number of hydrogen-bond donors (Lipinski definition) is 0. The van der Waals surface area contributed by atoms with Gasteiger partial charge < -0.3 is 39.9 Å². The van der Waals surface area contributed by atoms with Crippen LogP contribution in [-0.4, -0.2) is 17.9 Å². The molecule has 1 rings (SSSR count). The molecule has 3 unspecified atom stereocenters. The molecule has 0 saturated carbocycles. The van der Waals surface area contributed by atoms with Gasteiger partial charge >= 0.3 is 148 Å². The van der Waals surface area contributed by atoms with Gasteiger partial charge in [-0.15, -0.1) is 11.5 Å². The van der Waals surface area contributed by atoms with Gasteiger partial charge in [-0.3, -0.25) is 0 Å². The third-order valence-electron chi connectivity index (χ3n) is 3.33. The minimum atomic E-state index is -1.36. The summed E-state index contributed by atoms with van der Waals surface area (Å²) in [5.74, 6) is -6.21. The molecule has 0 N–H and O–H groups in total. The van der Waals surface area contributed by atoms with Gasteiger partial charge in [-0.05, 0) is 12.3 Å². The molecular weight excluding hydrogens is 543 g/mol. The van der Waals surface area contributed by atoms with Crippen molar-refractivity contribution in [2.24, 2.45) is 17.8 Å². The molecule has 1 aromatic carbocycles. The van der Waals surface area contributed by atoms with Crippen molar-refractivity contribution in [1.29, 1.82) is 0 Å².